The molecule has 0 unspecified atom stereocenters. The number of amides is 1. The van der Waals surface area contributed by atoms with Crippen LogP contribution in [0, 0.1) is 0 Å². The Labute approximate surface area is 110 Å². The molecule has 2 aromatic heterocycles. The summed E-state index contributed by atoms with van der Waals surface area (Å²) >= 11 is 4.59. The minimum absolute atomic E-state index is 0.216. The lowest BCUT2D eigenvalue weighted by Gasteiger charge is -2.00. The number of aryl methyl sites for hydroxylation is 1. The Bertz CT molecular complexity index is 543. The second-order valence-corrected chi connectivity index (χ2v) is 5.05. The number of hydrogen-bond donors (Lipinski definition) is 1. The summed E-state index contributed by atoms with van der Waals surface area (Å²) in [5.41, 5.74) is 0.528. The molecule has 0 aliphatic heterocycles. The van der Waals surface area contributed by atoms with Crippen LogP contribution in [-0.2, 0) is 6.42 Å². The number of nitrogens with zero attached hydrogens (tertiary/aromatic N) is 3. The van der Waals surface area contributed by atoms with Crippen LogP contribution in [0.15, 0.2) is 22.9 Å². The van der Waals surface area contributed by atoms with Gasteiger partial charge in [0, 0.05) is 11.8 Å². The normalized spacial score (nSPS) is 10.2. The van der Waals surface area contributed by atoms with Crippen molar-refractivity contribution in [2.75, 3.05) is 5.32 Å². The van der Waals surface area contributed by atoms with E-state index in [1.54, 1.807) is 18.3 Å². The third-order valence-corrected chi connectivity index (χ3v) is 3.40. The summed E-state index contributed by atoms with van der Waals surface area (Å²) in [5.74, 6) is -0.216. The van der Waals surface area contributed by atoms with Crippen LogP contribution in [0.4, 0.5) is 5.13 Å². The van der Waals surface area contributed by atoms with E-state index in [1.165, 1.54) is 11.3 Å². The predicted molar refractivity (Wildman–Crippen MR) is 69.2 cm³/mol. The fourth-order valence-corrected chi connectivity index (χ4v) is 2.20. The molecular weight excluding hydrogens is 304 g/mol. The zero-order chi connectivity index (χ0) is 12.3. The maximum Gasteiger partial charge on any atom is 0.257 e. The van der Waals surface area contributed by atoms with Gasteiger partial charge in [0.15, 0.2) is 0 Å². The molecule has 0 aliphatic carbocycles. The fraction of sp³-hybridized carbons (Fsp3) is 0.200. The molecular formula is C10H9BrN4OS. The van der Waals surface area contributed by atoms with Gasteiger partial charge >= 0.3 is 0 Å². The summed E-state index contributed by atoms with van der Waals surface area (Å²) in [6.07, 6.45) is 2.38. The van der Waals surface area contributed by atoms with Gasteiger partial charge in [-0.2, -0.15) is 0 Å². The van der Waals surface area contributed by atoms with Gasteiger partial charge in [-0.05, 0) is 34.5 Å². The molecule has 17 heavy (non-hydrogen) atoms. The first-order chi connectivity index (χ1) is 8.19. The zero-order valence-corrected chi connectivity index (χ0v) is 11.4. The van der Waals surface area contributed by atoms with Gasteiger partial charge in [0.2, 0.25) is 5.13 Å². The summed E-state index contributed by atoms with van der Waals surface area (Å²) in [6, 6.07) is 3.29. The van der Waals surface area contributed by atoms with Gasteiger partial charge in [-0.1, -0.05) is 18.3 Å². The van der Waals surface area contributed by atoms with Crippen LogP contribution in [0.2, 0.25) is 0 Å². The van der Waals surface area contributed by atoms with Gasteiger partial charge in [-0.25, -0.2) is 4.98 Å². The molecule has 7 heteroatoms. The van der Waals surface area contributed by atoms with Crippen molar-refractivity contribution >= 4 is 38.3 Å². The number of aromatic nitrogens is 3. The Morgan fingerprint density at radius 2 is 2.35 bits per heavy atom. The van der Waals surface area contributed by atoms with E-state index in [-0.39, 0.29) is 5.91 Å². The van der Waals surface area contributed by atoms with Crippen molar-refractivity contribution in [3.8, 4) is 0 Å². The van der Waals surface area contributed by atoms with Crippen LogP contribution >= 0.6 is 27.3 Å². The first-order valence-corrected chi connectivity index (χ1v) is 6.55. The number of hydrogen-bond acceptors (Lipinski definition) is 5. The molecule has 5 nitrogen and oxygen atoms in total. The molecule has 0 bridgehead atoms. The lowest BCUT2D eigenvalue weighted by atomic mass is 10.2. The minimum atomic E-state index is -0.216. The molecule has 0 radical (unpaired) electrons. The first kappa shape index (κ1) is 12.1. The zero-order valence-electron chi connectivity index (χ0n) is 8.98. The monoisotopic (exact) mass is 312 g/mol. The second-order valence-electron chi connectivity index (χ2n) is 3.18. The van der Waals surface area contributed by atoms with Gasteiger partial charge in [-0.15, -0.1) is 10.2 Å². The highest BCUT2D eigenvalue weighted by atomic mass is 79.9. The van der Waals surface area contributed by atoms with Crippen molar-refractivity contribution < 1.29 is 4.79 Å². The summed E-state index contributed by atoms with van der Waals surface area (Å²) in [4.78, 5) is 15.8. The van der Waals surface area contributed by atoms with Gasteiger partial charge in [0.1, 0.15) is 9.61 Å². The summed E-state index contributed by atoms with van der Waals surface area (Å²) in [7, 11) is 0. The molecule has 2 heterocycles. The Balaban J connectivity index is 2.11. The van der Waals surface area contributed by atoms with Crippen LogP contribution in [0.1, 0.15) is 22.3 Å². The maximum absolute atomic E-state index is 11.8. The molecule has 2 rings (SSSR count). The van der Waals surface area contributed by atoms with E-state index < -0.39 is 0 Å². The summed E-state index contributed by atoms with van der Waals surface area (Å²) in [5, 5.41) is 11.9. The Kier molecular flexibility index (Phi) is 3.80. The summed E-state index contributed by atoms with van der Waals surface area (Å²) < 4.78 is 0.622. The number of anilines is 1. The van der Waals surface area contributed by atoms with Crippen molar-refractivity contribution in [2.45, 2.75) is 13.3 Å². The molecule has 1 N–H and O–H groups in total. The minimum Gasteiger partial charge on any atom is -0.296 e. The predicted octanol–water partition coefficient (Wildman–Crippen LogP) is 2.51. The molecule has 2 aromatic rings. The van der Waals surface area contributed by atoms with Gasteiger partial charge < -0.3 is 0 Å². The number of carbonyl (C=O) groups is 1. The molecule has 0 aromatic carbocycles. The molecule has 0 fully saturated rings. The highest BCUT2D eigenvalue weighted by molar-refractivity contribution is 9.10. The molecule has 0 aliphatic rings. The highest BCUT2D eigenvalue weighted by Gasteiger charge is 2.09. The average Bonchev–Trinajstić information content (AvgIpc) is 2.77. The molecule has 0 saturated carbocycles. The topological polar surface area (TPSA) is 67.8 Å². The molecule has 0 atom stereocenters. The quantitative estimate of drug-likeness (QED) is 0.884. The molecule has 0 saturated heterocycles. The van der Waals surface area contributed by atoms with E-state index in [0.717, 1.165) is 11.4 Å². The Hall–Kier alpha value is -1.34. The highest BCUT2D eigenvalue weighted by Crippen LogP contribution is 2.17. The fourth-order valence-electron chi connectivity index (χ4n) is 1.16. The number of carbonyl (C=O) groups excluding carboxylic acids is 1. The van der Waals surface area contributed by atoms with E-state index in [0.29, 0.717) is 15.3 Å². The van der Waals surface area contributed by atoms with Crippen LogP contribution in [0.3, 0.4) is 0 Å². The molecule has 0 spiro atoms. The van der Waals surface area contributed by atoms with Crippen molar-refractivity contribution in [3.63, 3.8) is 0 Å². The maximum atomic E-state index is 11.8. The van der Waals surface area contributed by atoms with E-state index in [2.05, 4.69) is 36.4 Å². The number of halogens is 1. The van der Waals surface area contributed by atoms with Crippen LogP contribution < -0.4 is 5.32 Å². The van der Waals surface area contributed by atoms with Gasteiger partial charge in [0.25, 0.3) is 5.91 Å². The average molecular weight is 313 g/mol. The van der Waals surface area contributed by atoms with E-state index in [1.807, 2.05) is 6.92 Å². The van der Waals surface area contributed by atoms with E-state index in [9.17, 15) is 4.79 Å². The smallest absolute Gasteiger partial charge is 0.257 e. The van der Waals surface area contributed by atoms with E-state index in [4.69, 9.17) is 0 Å². The molecule has 88 valence electrons. The van der Waals surface area contributed by atoms with Crippen molar-refractivity contribution in [3.05, 3.63) is 33.5 Å². The third-order valence-electron chi connectivity index (χ3n) is 1.98. The van der Waals surface area contributed by atoms with Crippen LogP contribution in [0.5, 0.6) is 0 Å². The molecule has 1 amide bonds. The lowest BCUT2D eigenvalue weighted by molar-refractivity contribution is 0.102. The van der Waals surface area contributed by atoms with E-state index >= 15 is 0 Å². The Morgan fingerprint density at radius 1 is 1.53 bits per heavy atom. The van der Waals surface area contributed by atoms with Crippen molar-refractivity contribution in [1.82, 2.24) is 15.2 Å². The van der Waals surface area contributed by atoms with Crippen molar-refractivity contribution in [2.24, 2.45) is 0 Å². The SMILES string of the molecule is CCc1nnc(NC(=O)c2ccnc(Br)c2)s1. The number of rotatable bonds is 3. The first-order valence-electron chi connectivity index (χ1n) is 4.94. The van der Waals surface area contributed by atoms with Gasteiger partial charge in [-0.3, -0.25) is 10.1 Å². The lowest BCUT2D eigenvalue weighted by Crippen LogP contribution is -2.11. The van der Waals surface area contributed by atoms with Gasteiger partial charge in [0.05, 0.1) is 0 Å². The standard InChI is InChI=1S/C10H9BrN4OS/c1-2-8-14-15-10(17-8)13-9(16)6-3-4-12-7(11)5-6/h3-5H,2H2,1H3,(H,13,15,16). The second kappa shape index (κ2) is 5.33. The van der Waals surface area contributed by atoms with Crippen LogP contribution in [-0.4, -0.2) is 21.1 Å². The van der Waals surface area contributed by atoms with Crippen LogP contribution in [0.25, 0.3) is 0 Å². The third kappa shape index (κ3) is 3.07. The Morgan fingerprint density at radius 3 is 3.00 bits per heavy atom. The largest absolute Gasteiger partial charge is 0.296 e. The van der Waals surface area contributed by atoms with Crippen molar-refractivity contribution in [1.29, 1.82) is 0 Å². The summed E-state index contributed by atoms with van der Waals surface area (Å²) in [6.45, 7) is 1.99. The number of nitrogens with one attached hydrogen (secondary N) is 1. The number of pyridine rings is 1.